The fourth-order valence-corrected chi connectivity index (χ4v) is 1.33. The van der Waals surface area contributed by atoms with Crippen molar-refractivity contribution in [3.8, 4) is 11.5 Å². The Kier molecular flexibility index (Phi) is 2.93. The summed E-state index contributed by atoms with van der Waals surface area (Å²) < 4.78 is 5.20. The van der Waals surface area contributed by atoms with Crippen LogP contribution in [0.15, 0.2) is 22.9 Å². The molecule has 0 radical (unpaired) electrons. The first kappa shape index (κ1) is 11.7. The molecule has 90 valence electrons. The Balaban J connectivity index is 2.33. The smallest absolute Gasteiger partial charge is 0.259 e. The topological polar surface area (TPSA) is 77.8 Å². The van der Waals surface area contributed by atoms with E-state index >= 15 is 0 Å². The predicted molar refractivity (Wildman–Crippen MR) is 64.1 cm³/mol. The number of nitrogens with two attached hydrogens (primary N) is 1. The molecule has 5 nitrogen and oxygen atoms in total. The van der Waals surface area contributed by atoms with Gasteiger partial charge in [-0.15, -0.1) is 0 Å². The van der Waals surface area contributed by atoms with E-state index < -0.39 is 5.54 Å². The minimum absolute atomic E-state index is 0.456. The highest BCUT2D eigenvalue weighted by Gasteiger charge is 2.25. The van der Waals surface area contributed by atoms with Crippen molar-refractivity contribution in [2.24, 2.45) is 5.73 Å². The molecule has 5 heteroatoms. The maximum atomic E-state index is 6.05. The SMILES string of the molecule is CCC(C)(N)c1noc(-c2ccc(C)nc2)n1. The Bertz CT molecular complexity index is 501. The van der Waals surface area contributed by atoms with Crippen LogP contribution in [0.3, 0.4) is 0 Å². The summed E-state index contributed by atoms with van der Waals surface area (Å²) in [5, 5.41) is 3.92. The molecule has 2 aromatic heterocycles. The van der Waals surface area contributed by atoms with E-state index in [0.717, 1.165) is 17.7 Å². The molecule has 0 spiro atoms. The van der Waals surface area contributed by atoms with Crippen LogP contribution in [-0.2, 0) is 5.54 Å². The number of hydrogen-bond acceptors (Lipinski definition) is 5. The molecule has 2 N–H and O–H groups in total. The van der Waals surface area contributed by atoms with Crippen molar-refractivity contribution in [2.75, 3.05) is 0 Å². The molecule has 0 saturated carbocycles. The van der Waals surface area contributed by atoms with E-state index in [1.54, 1.807) is 6.20 Å². The third kappa shape index (κ3) is 2.34. The number of aromatic nitrogens is 3. The number of nitrogens with zero attached hydrogens (tertiary/aromatic N) is 3. The second-order valence-corrected chi connectivity index (χ2v) is 4.38. The Morgan fingerprint density at radius 1 is 1.41 bits per heavy atom. The number of rotatable bonds is 3. The molecule has 0 amide bonds. The number of pyridine rings is 1. The second kappa shape index (κ2) is 4.25. The highest BCUT2D eigenvalue weighted by atomic mass is 16.5. The maximum absolute atomic E-state index is 6.05. The Morgan fingerprint density at radius 2 is 2.18 bits per heavy atom. The Morgan fingerprint density at radius 3 is 2.76 bits per heavy atom. The van der Waals surface area contributed by atoms with E-state index in [1.807, 2.05) is 32.9 Å². The summed E-state index contributed by atoms with van der Waals surface area (Å²) in [6, 6.07) is 3.81. The largest absolute Gasteiger partial charge is 0.334 e. The van der Waals surface area contributed by atoms with E-state index in [2.05, 4.69) is 15.1 Å². The van der Waals surface area contributed by atoms with Gasteiger partial charge in [0.05, 0.1) is 11.1 Å². The van der Waals surface area contributed by atoms with E-state index in [0.29, 0.717) is 11.7 Å². The maximum Gasteiger partial charge on any atom is 0.259 e. The average Bonchev–Trinajstić information content (AvgIpc) is 2.80. The molecule has 0 saturated heterocycles. The predicted octanol–water partition coefficient (Wildman–Crippen LogP) is 2.02. The third-order valence-corrected chi connectivity index (χ3v) is 2.83. The fourth-order valence-electron chi connectivity index (χ4n) is 1.33. The molecule has 0 aliphatic heterocycles. The average molecular weight is 232 g/mol. The lowest BCUT2D eigenvalue weighted by Crippen LogP contribution is -2.33. The summed E-state index contributed by atoms with van der Waals surface area (Å²) in [4.78, 5) is 8.50. The molecular formula is C12H16N4O. The van der Waals surface area contributed by atoms with Gasteiger partial charge in [0.1, 0.15) is 0 Å². The van der Waals surface area contributed by atoms with Crippen LogP contribution in [0.2, 0.25) is 0 Å². The van der Waals surface area contributed by atoms with E-state index in [1.165, 1.54) is 0 Å². The zero-order valence-corrected chi connectivity index (χ0v) is 10.3. The summed E-state index contributed by atoms with van der Waals surface area (Å²) in [5.74, 6) is 0.980. The molecule has 0 aromatic carbocycles. The van der Waals surface area contributed by atoms with Crippen LogP contribution < -0.4 is 5.73 Å². The van der Waals surface area contributed by atoms with Crippen molar-refractivity contribution in [1.82, 2.24) is 15.1 Å². The lowest BCUT2D eigenvalue weighted by Gasteiger charge is -2.16. The monoisotopic (exact) mass is 232 g/mol. The molecule has 2 aromatic rings. The van der Waals surface area contributed by atoms with Crippen LogP contribution in [-0.4, -0.2) is 15.1 Å². The van der Waals surface area contributed by atoms with Crippen LogP contribution in [0, 0.1) is 6.92 Å². The number of hydrogen-bond donors (Lipinski definition) is 1. The lowest BCUT2D eigenvalue weighted by molar-refractivity contribution is 0.379. The first-order chi connectivity index (χ1) is 8.03. The first-order valence-corrected chi connectivity index (χ1v) is 5.59. The van der Waals surface area contributed by atoms with Gasteiger partial charge < -0.3 is 10.3 Å². The third-order valence-electron chi connectivity index (χ3n) is 2.83. The molecule has 17 heavy (non-hydrogen) atoms. The van der Waals surface area contributed by atoms with Gasteiger partial charge in [0.25, 0.3) is 5.89 Å². The molecule has 0 bridgehead atoms. The van der Waals surface area contributed by atoms with Crippen LogP contribution >= 0.6 is 0 Å². The van der Waals surface area contributed by atoms with Crippen molar-refractivity contribution >= 4 is 0 Å². The van der Waals surface area contributed by atoms with Gasteiger partial charge in [-0.05, 0) is 32.4 Å². The van der Waals surface area contributed by atoms with Gasteiger partial charge in [0, 0.05) is 11.9 Å². The van der Waals surface area contributed by atoms with E-state index in [4.69, 9.17) is 10.3 Å². The van der Waals surface area contributed by atoms with Gasteiger partial charge in [0.15, 0.2) is 5.82 Å². The summed E-state index contributed by atoms with van der Waals surface area (Å²) >= 11 is 0. The van der Waals surface area contributed by atoms with Crippen molar-refractivity contribution in [1.29, 1.82) is 0 Å². The zero-order chi connectivity index (χ0) is 12.5. The minimum atomic E-state index is -0.556. The molecule has 0 fully saturated rings. The van der Waals surface area contributed by atoms with Gasteiger partial charge in [-0.25, -0.2) is 0 Å². The van der Waals surface area contributed by atoms with Gasteiger partial charge >= 0.3 is 0 Å². The Labute approximate surface area is 100 Å². The summed E-state index contributed by atoms with van der Waals surface area (Å²) in [6.07, 6.45) is 2.46. The lowest BCUT2D eigenvalue weighted by atomic mass is 10.0. The first-order valence-electron chi connectivity index (χ1n) is 5.59. The molecule has 2 rings (SSSR count). The zero-order valence-electron chi connectivity index (χ0n) is 10.3. The van der Waals surface area contributed by atoms with Crippen molar-refractivity contribution in [3.63, 3.8) is 0 Å². The quantitative estimate of drug-likeness (QED) is 0.876. The molecular weight excluding hydrogens is 216 g/mol. The summed E-state index contributed by atoms with van der Waals surface area (Å²) in [5.41, 5.74) is 7.25. The molecule has 1 atom stereocenters. The molecule has 0 aliphatic carbocycles. The van der Waals surface area contributed by atoms with E-state index in [-0.39, 0.29) is 0 Å². The summed E-state index contributed by atoms with van der Waals surface area (Å²) in [6.45, 7) is 5.80. The highest BCUT2D eigenvalue weighted by molar-refractivity contribution is 5.51. The fraction of sp³-hybridized carbons (Fsp3) is 0.417. The number of aryl methyl sites for hydroxylation is 1. The van der Waals surface area contributed by atoms with Crippen LogP contribution in [0.4, 0.5) is 0 Å². The van der Waals surface area contributed by atoms with Crippen molar-refractivity contribution < 1.29 is 4.52 Å². The van der Waals surface area contributed by atoms with Crippen LogP contribution in [0.1, 0.15) is 31.8 Å². The van der Waals surface area contributed by atoms with Gasteiger partial charge in [-0.1, -0.05) is 12.1 Å². The van der Waals surface area contributed by atoms with Gasteiger partial charge in [-0.2, -0.15) is 4.98 Å². The van der Waals surface area contributed by atoms with Crippen molar-refractivity contribution in [2.45, 2.75) is 32.7 Å². The molecule has 2 heterocycles. The standard InChI is InChI=1S/C12H16N4O/c1-4-12(3,13)11-15-10(17-16-11)9-6-5-8(2)14-7-9/h5-7H,4,13H2,1-3H3. The van der Waals surface area contributed by atoms with Gasteiger partial charge in [-0.3, -0.25) is 4.98 Å². The van der Waals surface area contributed by atoms with Gasteiger partial charge in [0.2, 0.25) is 0 Å². The van der Waals surface area contributed by atoms with Crippen LogP contribution in [0.25, 0.3) is 11.5 Å². The molecule has 0 aliphatic rings. The molecule has 1 unspecified atom stereocenters. The highest BCUT2D eigenvalue weighted by Crippen LogP contribution is 2.22. The summed E-state index contributed by atoms with van der Waals surface area (Å²) in [7, 11) is 0. The normalized spacial score (nSPS) is 14.6. The van der Waals surface area contributed by atoms with Crippen molar-refractivity contribution in [3.05, 3.63) is 29.8 Å². The van der Waals surface area contributed by atoms with Crippen LogP contribution in [0.5, 0.6) is 0 Å². The second-order valence-electron chi connectivity index (χ2n) is 4.38. The van der Waals surface area contributed by atoms with E-state index in [9.17, 15) is 0 Å². The minimum Gasteiger partial charge on any atom is -0.334 e. The Hall–Kier alpha value is -1.75.